The molecule has 0 radical (unpaired) electrons. The summed E-state index contributed by atoms with van der Waals surface area (Å²) >= 11 is 1.60. The Bertz CT molecular complexity index is 967. The second kappa shape index (κ2) is 13.0. The number of benzene rings is 1. The zero-order chi connectivity index (χ0) is 26.4. The standard InChI is InChI=1S/C28H43N5O3S/c1-2-37-32-22(14-18-8-4-3-5-9-18)28(36)33-23-11-7-6-10-20(23)16-24(33)27(35)31-17-19-12-13-21(26(29)30)25(34)15-19/h12-13,15,18,20,22-24,32,34H,2-11,14,16-17H2,1H3,(H3,29,30)(H,31,35)/t20-,22+,23-,24-/m0/s1. The van der Waals surface area contributed by atoms with Crippen molar-refractivity contribution >= 4 is 29.6 Å². The van der Waals surface area contributed by atoms with Crippen LogP contribution in [-0.4, -0.2) is 51.5 Å². The second-order valence-electron chi connectivity index (χ2n) is 10.9. The number of carbonyl (C=O) groups excluding carboxylic acids is 2. The molecule has 1 aromatic carbocycles. The van der Waals surface area contributed by atoms with Gasteiger partial charge in [-0.05, 0) is 55.2 Å². The van der Waals surface area contributed by atoms with Gasteiger partial charge in [0.2, 0.25) is 11.8 Å². The summed E-state index contributed by atoms with van der Waals surface area (Å²) in [5.74, 6) is 1.51. The zero-order valence-electron chi connectivity index (χ0n) is 22.0. The fourth-order valence-corrected chi connectivity index (χ4v) is 7.12. The molecule has 204 valence electrons. The Morgan fingerprint density at radius 2 is 1.89 bits per heavy atom. The fraction of sp³-hybridized carbons (Fsp3) is 0.679. The number of phenols is 1. The predicted octanol–water partition coefficient (Wildman–Crippen LogP) is 4.05. The molecule has 2 saturated carbocycles. The van der Waals surface area contributed by atoms with E-state index in [1.807, 2.05) is 4.90 Å². The average molecular weight is 530 g/mol. The maximum Gasteiger partial charge on any atom is 0.243 e. The molecule has 3 aliphatic rings. The second-order valence-corrected chi connectivity index (χ2v) is 12.0. The maximum atomic E-state index is 14.1. The summed E-state index contributed by atoms with van der Waals surface area (Å²) < 4.78 is 3.47. The van der Waals surface area contributed by atoms with Crippen molar-refractivity contribution in [3.8, 4) is 5.75 Å². The van der Waals surface area contributed by atoms with Crippen LogP contribution >= 0.6 is 11.9 Å². The molecule has 0 aromatic heterocycles. The molecule has 37 heavy (non-hydrogen) atoms. The number of amides is 2. The van der Waals surface area contributed by atoms with Gasteiger partial charge in [-0.1, -0.05) is 69.9 Å². The van der Waals surface area contributed by atoms with Gasteiger partial charge in [0.15, 0.2) is 0 Å². The number of carbonyl (C=O) groups is 2. The normalized spacial score (nSPS) is 24.9. The Morgan fingerprint density at radius 1 is 1.16 bits per heavy atom. The van der Waals surface area contributed by atoms with Crippen LogP contribution in [0, 0.1) is 17.2 Å². The summed E-state index contributed by atoms with van der Waals surface area (Å²) in [4.78, 5) is 29.6. The first-order chi connectivity index (χ1) is 17.9. The number of amidine groups is 1. The minimum absolute atomic E-state index is 0.0759. The van der Waals surface area contributed by atoms with E-state index < -0.39 is 6.04 Å². The monoisotopic (exact) mass is 529 g/mol. The molecule has 1 saturated heterocycles. The molecule has 3 fully saturated rings. The summed E-state index contributed by atoms with van der Waals surface area (Å²) in [6.45, 7) is 2.33. The first-order valence-electron chi connectivity index (χ1n) is 14.0. The zero-order valence-corrected chi connectivity index (χ0v) is 22.8. The van der Waals surface area contributed by atoms with Gasteiger partial charge >= 0.3 is 0 Å². The van der Waals surface area contributed by atoms with Crippen LogP contribution in [0.15, 0.2) is 18.2 Å². The van der Waals surface area contributed by atoms with E-state index in [-0.39, 0.29) is 47.6 Å². The highest BCUT2D eigenvalue weighted by Crippen LogP contribution is 2.41. The predicted molar refractivity (Wildman–Crippen MR) is 148 cm³/mol. The van der Waals surface area contributed by atoms with E-state index in [0.717, 1.165) is 43.4 Å². The van der Waals surface area contributed by atoms with Crippen molar-refractivity contribution in [2.75, 3.05) is 5.75 Å². The third-order valence-electron chi connectivity index (χ3n) is 8.43. The molecule has 9 heteroatoms. The van der Waals surface area contributed by atoms with Crippen LogP contribution < -0.4 is 15.8 Å². The van der Waals surface area contributed by atoms with Crippen molar-refractivity contribution in [1.82, 2.24) is 14.9 Å². The molecule has 6 N–H and O–H groups in total. The van der Waals surface area contributed by atoms with E-state index in [1.54, 1.807) is 24.1 Å². The minimum Gasteiger partial charge on any atom is -0.507 e. The van der Waals surface area contributed by atoms with Gasteiger partial charge in [-0.3, -0.25) is 19.7 Å². The molecule has 1 heterocycles. The lowest BCUT2D eigenvalue weighted by molar-refractivity contribution is -0.142. The summed E-state index contributed by atoms with van der Waals surface area (Å²) in [6, 6.07) is 4.28. The minimum atomic E-state index is -0.465. The van der Waals surface area contributed by atoms with E-state index in [2.05, 4.69) is 17.0 Å². The Hall–Kier alpha value is -2.26. The van der Waals surface area contributed by atoms with Crippen molar-refractivity contribution in [3.63, 3.8) is 0 Å². The quantitative estimate of drug-likeness (QED) is 0.177. The number of fused-ring (bicyclic) bond motifs is 1. The number of nitrogen functional groups attached to an aromatic ring is 1. The molecule has 4 rings (SSSR count). The van der Waals surface area contributed by atoms with Crippen molar-refractivity contribution in [3.05, 3.63) is 29.3 Å². The Morgan fingerprint density at radius 3 is 2.59 bits per heavy atom. The molecule has 4 atom stereocenters. The number of nitrogens with zero attached hydrogens (tertiary/aromatic N) is 1. The van der Waals surface area contributed by atoms with E-state index in [1.165, 1.54) is 38.2 Å². The number of hydrogen-bond acceptors (Lipinski definition) is 6. The lowest BCUT2D eigenvalue weighted by atomic mass is 9.83. The number of nitrogens with two attached hydrogens (primary N) is 1. The molecular weight excluding hydrogens is 486 g/mol. The van der Waals surface area contributed by atoms with E-state index in [4.69, 9.17) is 11.1 Å². The van der Waals surface area contributed by atoms with Crippen molar-refractivity contribution < 1.29 is 14.7 Å². The van der Waals surface area contributed by atoms with Gasteiger partial charge in [0.1, 0.15) is 17.6 Å². The summed E-state index contributed by atoms with van der Waals surface area (Å²) in [5.41, 5.74) is 6.49. The maximum absolute atomic E-state index is 14.1. The Labute approximate surface area is 225 Å². The van der Waals surface area contributed by atoms with E-state index in [0.29, 0.717) is 18.3 Å². The highest BCUT2D eigenvalue weighted by atomic mass is 32.2. The third kappa shape index (κ3) is 6.79. The van der Waals surface area contributed by atoms with E-state index >= 15 is 0 Å². The first kappa shape index (κ1) is 27.8. The van der Waals surface area contributed by atoms with Crippen LogP contribution in [0.4, 0.5) is 0 Å². The SMILES string of the molecule is CCSN[C@H](CC1CCCCC1)C(=O)N1[C@H](C(=O)NCc2ccc(C(=N)N)c(O)c2)C[C@@H]2CCCC[C@@H]21. The van der Waals surface area contributed by atoms with E-state index in [9.17, 15) is 14.7 Å². The molecule has 1 aromatic rings. The highest BCUT2D eigenvalue weighted by Gasteiger charge is 2.48. The number of rotatable bonds is 10. The fourth-order valence-electron chi connectivity index (χ4n) is 6.55. The van der Waals surface area contributed by atoms with Crippen LogP contribution in [0.5, 0.6) is 5.75 Å². The van der Waals surface area contributed by atoms with Gasteiger partial charge in [-0.2, -0.15) is 0 Å². The van der Waals surface area contributed by atoms with Crippen molar-refractivity contribution in [2.45, 2.75) is 102 Å². The number of likely N-dealkylation sites (tertiary alicyclic amines) is 1. The molecule has 0 bridgehead atoms. The molecule has 0 unspecified atom stereocenters. The van der Waals surface area contributed by atoms with Crippen molar-refractivity contribution in [1.29, 1.82) is 5.41 Å². The van der Waals surface area contributed by atoms with Crippen LogP contribution in [0.1, 0.15) is 88.7 Å². The van der Waals surface area contributed by atoms with Gasteiger partial charge in [0.25, 0.3) is 0 Å². The van der Waals surface area contributed by atoms with Gasteiger partial charge in [0.05, 0.1) is 11.6 Å². The van der Waals surface area contributed by atoms with Crippen LogP contribution in [0.2, 0.25) is 0 Å². The van der Waals surface area contributed by atoms with Gasteiger partial charge in [0, 0.05) is 18.3 Å². The summed E-state index contributed by atoms with van der Waals surface area (Å²) in [7, 11) is 0. The smallest absolute Gasteiger partial charge is 0.243 e. The lowest BCUT2D eigenvalue weighted by Crippen LogP contribution is -2.55. The molecular formula is C28H43N5O3S. The summed E-state index contributed by atoms with van der Waals surface area (Å²) in [6.07, 6.45) is 12.0. The van der Waals surface area contributed by atoms with Crippen LogP contribution in [0.3, 0.4) is 0 Å². The third-order valence-corrected chi connectivity index (χ3v) is 9.17. The van der Waals surface area contributed by atoms with Crippen LogP contribution in [0.25, 0.3) is 0 Å². The topological polar surface area (TPSA) is 132 Å². The van der Waals surface area contributed by atoms with Gasteiger partial charge in [-0.25, -0.2) is 0 Å². The number of phenolic OH excluding ortho intramolecular Hbond substituents is 1. The average Bonchev–Trinajstić information content (AvgIpc) is 3.29. The largest absolute Gasteiger partial charge is 0.507 e. The number of hydrogen-bond donors (Lipinski definition) is 5. The number of aromatic hydroxyl groups is 1. The molecule has 2 aliphatic carbocycles. The van der Waals surface area contributed by atoms with Crippen LogP contribution in [-0.2, 0) is 16.1 Å². The van der Waals surface area contributed by atoms with Gasteiger partial charge < -0.3 is 21.1 Å². The molecule has 1 aliphatic heterocycles. The molecule has 2 amide bonds. The Balaban J connectivity index is 1.48. The molecule has 8 nitrogen and oxygen atoms in total. The number of nitrogens with one attached hydrogen (secondary N) is 3. The Kier molecular flexibility index (Phi) is 9.76. The summed E-state index contributed by atoms with van der Waals surface area (Å²) in [5, 5.41) is 20.7. The highest BCUT2D eigenvalue weighted by molar-refractivity contribution is 7.97. The molecule has 0 spiro atoms. The van der Waals surface area contributed by atoms with Crippen molar-refractivity contribution in [2.24, 2.45) is 17.6 Å². The van der Waals surface area contributed by atoms with Gasteiger partial charge in [-0.15, -0.1) is 0 Å². The lowest BCUT2D eigenvalue weighted by Gasteiger charge is -2.37. The first-order valence-corrected chi connectivity index (χ1v) is 15.0.